The summed E-state index contributed by atoms with van der Waals surface area (Å²) in [6.45, 7) is 6.75. The van der Waals surface area contributed by atoms with Gasteiger partial charge < -0.3 is 19.5 Å². The molecule has 0 spiro atoms. The predicted molar refractivity (Wildman–Crippen MR) is 178 cm³/mol. The Labute approximate surface area is 269 Å². The van der Waals surface area contributed by atoms with Gasteiger partial charge in [0.1, 0.15) is 23.6 Å². The molecule has 3 rings (SSSR count). The van der Waals surface area contributed by atoms with E-state index in [1.807, 2.05) is 66.7 Å². The molecule has 0 bridgehead atoms. The van der Waals surface area contributed by atoms with Crippen molar-refractivity contribution < 1.29 is 23.8 Å². The van der Waals surface area contributed by atoms with Crippen molar-refractivity contribution in [3.05, 3.63) is 86.0 Å². The van der Waals surface area contributed by atoms with E-state index in [4.69, 9.17) is 14.2 Å². The maximum Gasteiger partial charge on any atom is 0.415 e. The fourth-order valence-electron chi connectivity index (χ4n) is 3.69. The third kappa shape index (κ3) is 12.9. The zero-order valence-electron chi connectivity index (χ0n) is 23.6. The van der Waals surface area contributed by atoms with Gasteiger partial charge in [-0.1, -0.05) is 18.2 Å². The van der Waals surface area contributed by atoms with Crippen LogP contribution in [0.25, 0.3) is 0 Å². The number of anilines is 1. The van der Waals surface area contributed by atoms with Crippen LogP contribution in [0, 0.1) is 7.14 Å². The lowest BCUT2D eigenvalue weighted by Gasteiger charge is -2.28. The molecule has 3 aromatic carbocycles. The molecule has 0 aliphatic rings. The second kappa shape index (κ2) is 16.8. The van der Waals surface area contributed by atoms with E-state index >= 15 is 0 Å². The van der Waals surface area contributed by atoms with Crippen LogP contribution in [0.1, 0.15) is 33.6 Å². The molecule has 0 radical (unpaired) electrons. The lowest BCUT2D eigenvalue weighted by molar-refractivity contribution is -0.120. The predicted octanol–water partition coefficient (Wildman–Crippen LogP) is 6.61. The highest BCUT2D eigenvalue weighted by Crippen LogP contribution is 2.18. The monoisotopic (exact) mass is 785 g/mol. The van der Waals surface area contributed by atoms with Gasteiger partial charge in [0.15, 0.2) is 0 Å². The topological polar surface area (TPSA) is 89.1 Å². The molecular formula is C31H37I2N3O5. The molecule has 8 nitrogen and oxygen atoms in total. The standard InChI is InChI=1S/C31H37I2N3O5/c1-31(2,3)41-30(38)36(25-8-5-4-6-9-25)22-29(37)35-28(18-21-40-27-16-12-24(33)13-17-27)34-19-7-20-39-26-14-10-23(32)11-15-26/h4-6,8-17,28,34H,7,18-22H2,1-3H3,(H,35,37). The number of carbonyl (C=O) groups excluding carboxylic acids is 2. The zero-order valence-corrected chi connectivity index (χ0v) is 27.9. The third-order valence-corrected chi connectivity index (χ3v) is 7.04. The van der Waals surface area contributed by atoms with Crippen molar-refractivity contribution in [1.82, 2.24) is 10.6 Å². The number of ether oxygens (including phenoxy) is 3. The molecule has 0 fully saturated rings. The van der Waals surface area contributed by atoms with Gasteiger partial charge in [0.25, 0.3) is 0 Å². The van der Waals surface area contributed by atoms with Gasteiger partial charge in [-0.05, 0) is 133 Å². The van der Waals surface area contributed by atoms with Crippen LogP contribution in [0.15, 0.2) is 78.9 Å². The van der Waals surface area contributed by atoms with Gasteiger partial charge in [0, 0.05) is 25.8 Å². The second-order valence-corrected chi connectivity index (χ2v) is 12.7. The molecule has 41 heavy (non-hydrogen) atoms. The smallest absolute Gasteiger partial charge is 0.415 e. The maximum absolute atomic E-state index is 13.2. The summed E-state index contributed by atoms with van der Waals surface area (Å²) in [6, 6.07) is 24.7. The van der Waals surface area contributed by atoms with Crippen LogP contribution >= 0.6 is 45.2 Å². The van der Waals surface area contributed by atoms with Crippen molar-refractivity contribution in [2.45, 2.75) is 45.4 Å². The quantitative estimate of drug-likeness (QED) is 0.109. The van der Waals surface area contributed by atoms with E-state index < -0.39 is 11.7 Å². The number of carbonyl (C=O) groups is 2. The van der Waals surface area contributed by atoms with Crippen LogP contribution in [0.2, 0.25) is 0 Å². The van der Waals surface area contributed by atoms with Crippen molar-refractivity contribution in [3.63, 3.8) is 0 Å². The number of benzene rings is 3. The van der Waals surface area contributed by atoms with Crippen molar-refractivity contribution in [1.29, 1.82) is 0 Å². The molecular weight excluding hydrogens is 748 g/mol. The Balaban J connectivity index is 1.59. The highest BCUT2D eigenvalue weighted by atomic mass is 127. The van der Waals surface area contributed by atoms with E-state index in [9.17, 15) is 9.59 Å². The molecule has 3 aromatic rings. The van der Waals surface area contributed by atoms with Crippen molar-refractivity contribution in [2.24, 2.45) is 0 Å². The molecule has 1 atom stereocenters. The maximum atomic E-state index is 13.2. The van der Waals surface area contributed by atoms with Gasteiger partial charge in [-0.3, -0.25) is 15.0 Å². The SMILES string of the molecule is CC(C)(C)OC(=O)N(CC(=O)NC(CCOc1ccc(I)cc1)NCCCOc1ccc(I)cc1)c1ccccc1. The van der Waals surface area contributed by atoms with Gasteiger partial charge in [-0.25, -0.2) is 4.79 Å². The van der Waals surface area contributed by atoms with Gasteiger partial charge >= 0.3 is 6.09 Å². The Morgan fingerprint density at radius 3 is 1.95 bits per heavy atom. The summed E-state index contributed by atoms with van der Waals surface area (Å²) in [6.07, 6.45) is 0.303. The lowest BCUT2D eigenvalue weighted by Crippen LogP contribution is -2.51. The summed E-state index contributed by atoms with van der Waals surface area (Å²) in [5.41, 5.74) is -0.117. The van der Waals surface area contributed by atoms with E-state index in [2.05, 4.69) is 55.8 Å². The number of nitrogens with zero attached hydrogens (tertiary/aromatic N) is 1. The molecule has 0 aliphatic carbocycles. The van der Waals surface area contributed by atoms with Crippen LogP contribution in [0.3, 0.4) is 0 Å². The Kier molecular flexibility index (Phi) is 13.5. The minimum atomic E-state index is -0.697. The van der Waals surface area contributed by atoms with Crippen LogP contribution in [-0.2, 0) is 9.53 Å². The summed E-state index contributed by atoms with van der Waals surface area (Å²) < 4.78 is 19.6. The number of rotatable bonds is 14. The molecule has 220 valence electrons. The van der Waals surface area contributed by atoms with E-state index in [0.717, 1.165) is 25.1 Å². The first-order valence-corrected chi connectivity index (χ1v) is 15.6. The Bertz CT molecular complexity index is 1220. The number of amides is 2. The minimum Gasteiger partial charge on any atom is -0.494 e. The average molecular weight is 785 g/mol. The van der Waals surface area contributed by atoms with Crippen LogP contribution in [-0.4, -0.2) is 50.1 Å². The van der Waals surface area contributed by atoms with Crippen LogP contribution in [0.4, 0.5) is 10.5 Å². The van der Waals surface area contributed by atoms with Crippen molar-refractivity contribution in [2.75, 3.05) is 31.2 Å². The van der Waals surface area contributed by atoms with Crippen molar-refractivity contribution >= 4 is 62.9 Å². The Morgan fingerprint density at radius 1 is 0.829 bits per heavy atom. The third-order valence-electron chi connectivity index (χ3n) is 5.60. The first-order valence-electron chi connectivity index (χ1n) is 13.4. The fourth-order valence-corrected chi connectivity index (χ4v) is 4.41. The summed E-state index contributed by atoms with van der Waals surface area (Å²) in [5.74, 6) is 1.27. The number of hydrogen-bond donors (Lipinski definition) is 2. The fraction of sp³-hybridized carbons (Fsp3) is 0.355. The lowest BCUT2D eigenvalue weighted by atomic mass is 10.2. The molecule has 2 amide bonds. The normalized spacial score (nSPS) is 11.8. The summed E-state index contributed by atoms with van der Waals surface area (Å²) in [5, 5.41) is 6.42. The molecule has 0 aromatic heterocycles. The number of hydrogen-bond acceptors (Lipinski definition) is 6. The molecule has 10 heteroatoms. The van der Waals surface area contributed by atoms with Crippen LogP contribution in [0.5, 0.6) is 11.5 Å². The summed E-state index contributed by atoms with van der Waals surface area (Å²) in [4.78, 5) is 27.5. The molecule has 0 aliphatic heterocycles. The summed E-state index contributed by atoms with van der Waals surface area (Å²) in [7, 11) is 0. The molecule has 2 N–H and O–H groups in total. The highest BCUT2D eigenvalue weighted by molar-refractivity contribution is 14.1. The first-order chi connectivity index (χ1) is 19.6. The molecule has 0 heterocycles. The zero-order chi connectivity index (χ0) is 29.7. The number of nitrogens with one attached hydrogen (secondary N) is 2. The molecule has 1 unspecified atom stereocenters. The van der Waals surface area contributed by atoms with E-state index in [0.29, 0.717) is 31.9 Å². The van der Waals surface area contributed by atoms with E-state index in [1.54, 1.807) is 32.9 Å². The van der Waals surface area contributed by atoms with Crippen molar-refractivity contribution in [3.8, 4) is 11.5 Å². The molecule has 0 saturated heterocycles. The minimum absolute atomic E-state index is 0.189. The average Bonchev–Trinajstić information content (AvgIpc) is 2.93. The number of para-hydroxylation sites is 1. The first kappa shape index (κ1) is 32.9. The summed E-state index contributed by atoms with van der Waals surface area (Å²) >= 11 is 4.51. The van der Waals surface area contributed by atoms with Gasteiger partial charge in [0.05, 0.1) is 19.4 Å². The Morgan fingerprint density at radius 2 is 1.39 bits per heavy atom. The van der Waals surface area contributed by atoms with Gasteiger partial charge in [-0.15, -0.1) is 0 Å². The highest BCUT2D eigenvalue weighted by Gasteiger charge is 2.26. The van der Waals surface area contributed by atoms with Gasteiger partial charge in [0.2, 0.25) is 5.91 Å². The van der Waals surface area contributed by atoms with E-state index in [-0.39, 0.29) is 18.6 Å². The Hall–Kier alpha value is -2.58. The largest absolute Gasteiger partial charge is 0.494 e. The number of halogens is 2. The van der Waals surface area contributed by atoms with Crippen LogP contribution < -0.4 is 25.0 Å². The van der Waals surface area contributed by atoms with Gasteiger partial charge in [-0.2, -0.15) is 0 Å². The molecule has 0 saturated carbocycles. The second-order valence-electron chi connectivity index (χ2n) is 10.2. The van der Waals surface area contributed by atoms with E-state index in [1.165, 1.54) is 4.90 Å².